The Balaban J connectivity index is 1.58. The van der Waals surface area contributed by atoms with Crippen molar-refractivity contribution in [1.82, 2.24) is 4.90 Å². The number of nitrogens with one attached hydrogen (secondary N) is 1. The fraction of sp³-hybridized carbons (Fsp3) is 0.167. The lowest BCUT2D eigenvalue weighted by Crippen LogP contribution is -2.24. The molecule has 0 atom stereocenters. The summed E-state index contributed by atoms with van der Waals surface area (Å²) in [6.07, 6.45) is 0. The Morgan fingerprint density at radius 2 is 1.75 bits per heavy atom. The standard InChI is InChI=1S/C18H16N2O3S/c1-20-17(22)14-8-7-13(9-15(14)18(20)23)19-16(21)11-24-10-12-5-3-2-4-6-12/h2-9H,10-11H2,1H3,(H,19,21). The largest absolute Gasteiger partial charge is 0.325 e. The number of thioether (sulfide) groups is 1. The highest BCUT2D eigenvalue weighted by Crippen LogP contribution is 2.25. The highest BCUT2D eigenvalue weighted by Gasteiger charge is 2.32. The molecular formula is C18H16N2O3S. The van der Waals surface area contributed by atoms with Gasteiger partial charge in [0, 0.05) is 18.5 Å². The van der Waals surface area contributed by atoms with Gasteiger partial charge < -0.3 is 5.32 Å². The number of hydrogen-bond acceptors (Lipinski definition) is 4. The lowest BCUT2D eigenvalue weighted by molar-refractivity contribution is -0.113. The van der Waals surface area contributed by atoms with E-state index in [1.165, 1.54) is 24.4 Å². The number of anilines is 1. The fourth-order valence-electron chi connectivity index (χ4n) is 2.47. The van der Waals surface area contributed by atoms with Gasteiger partial charge in [0.05, 0.1) is 16.9 Å². The van der Waals surface area contributed by atoms with E-state index in [9.17, 15) is 14.4 Å². The lowest BCUT2D eigenvalue weighted by Gasteiger charge is -2.06. The van der Waals surface area contributed by atoms with Crippen LogP contribution < -0.4 is 5.32 Å². The predicted octanol–water partition coefficient (Wildman–Crippen LogP) is 2.78. The summed E-state index contributed by atoms with van der Waals surface area (Å²) < 4.78 is 0. The van der Waals surface area contributed by atoms with E-state index in [4.69, 9.17) is 0 Å². The first-order chi connectivity index (χ1) is 11.6. The van der Waals surface area contributed by atoms with Crippen molar-refractivity contribution in [3.63, 3.8) is 0 Å². The third-order valence-corrected chi connectivity index (χ3v) is 4.72. The van der Waals surface area contributed by atoms with Crippen LogP contribution in [0, 0.1) is 0 Å². The van der Waals surface area contributed by atoms with Gasteiger partial charge in [-0.05, 0) is 23.8 Å². The quantitative estimate of drug-likeness (QED) is 0.850. The van der Waals surface area contributed by atoms with Crippen molar-refractivity contribution in [2.45, 2.75) is 5.75 Å². The number of fused-ring (bicyclic) bond motifs is 1. The minimum absolute atomic E-state index is 0.138. The molecule has 122 valence electrons. The normalized spacial score (nSPS) is 13.1. The van der Waals surface area contributed by atoms with Crippen LogP contribution in [0.15, 0.2) is 48.5 Å². The second kappa shape index (κ2) is 6.88. The molecule has 3 rings (SSSR count). The summed E-state index contributed by atoms with van der Waals surface area (Å²) in [5.74, 6) is 0.284. The van der Waals surface area contributed by atoms with Crippen molar-refractivity contribution in [3.8, 4) is 0 Å². The van der Waals surface area contributed by atoms with Gasteiger partial charge in [-0.1, -0.05) is 30.3 Å². The van der Waals surface area contributed by atoms with E-state index >= 15 is 0 Å². The molecule has 0 saturated heterocycles. The molecule has 2 aromatic carbocycles. The number of nitrogens with zero attached hydrogens (tertiary/aromatic N) is 1. The van der Waals surface area contributed by atoms with E-state index in [0.29, 0.717) is 22.6 Å². The van der Waals surface area contributed by atoms with Crippen LogP contribution in [0.1, 0.15) is 26.3 Å². The molecule has 0 bridgehead atoms. The summed E-state index contributed by atoms with van der Waals surface area (Å²) in [4.78, 5) is 36.9. The molecule has 1 aliphatic rings. The smallest absolute Gasteiger partial charge is 0.261 e. The number of hydrogen-bond donors (Lipinski definition) is 1. The Bertz CT molecular complexity index is 805. The van der Waals surface area contributed by atoms with E-state index in [-0.39, 0.29) is 17.7 Å². The first-order valence-corrected chi connectivity index (χ1v) is 8.59. The van der Waals surface area contributed by atoms with Gasteiger partial charge in [-0.3, -0.25) is 19.3 Å². The van der Waals surface area contributed by atoms with Crippen LogP contribution in [0.3, 0.4) is 0 Å². The van der Waals surface area contributed by atoms with Crippen LogP contribution in [0.4, 0.5) is 5.69 Å². The van der Waals surface area contributed by atoms with Crippen LogP contribution in [-0.4, -0.2) is 35.4 Å². The summed E-state index contributed by atoms with van der Waals surface area (Å²) in [7, 11) is 1.45. The Kier molecular flexibility index (Phi) is 4.66. The monoisotopic (exact) mass is 340 g/mol. The summed E-state index contributed by atoms with van der Waals surface area (Å²) in [6, 6.07) is 14.7. The van der Waals surface area contributed by atoms with Crippen molar-refractivity contribution < 1.29 is 14.4 Å². The molecule has 0 unspecified atom stereocenters. The summed E-state index contributed by atoms with van der Waals surface area (Å²) in [6.45, 7) is 0. The van der Waals surface area contributed by atoms with Crippen LogP contribution in [0.25, 0.3) is 0 Å². The Hall–Kier alpha value is -2.60. The zero-order chi connectivity index (χ0) is 17.1. The molecular weight excluding hydrogens is 324 g/mol. The maximum Gasteiger partial charge on any atom is 0.261 e. The van der Waals surface area contributed by atoms with Crippen molar-refractivity contribution in [3.05, 3.63) is 65.2 Å². The number of carbonyl (C=O) groups is 3. The molecule has 0 spiro atoms. The average Bonchev–Trinajstić information content (AvgIpc) is 2.80. The van der Waals surface area contributed by atoms with Crippen molar-refractivity contribution in [2.75, 3.05) is 18.1 Å². The van der Waals surface area contributed by atoms with Gasteiger partial charge in [-0.25, -0.2) is 0 Å². The number of benzene rings is 2. The van der Waals surface area contributed by atoms with Gasteiger partial charge in [0.15, 0.2) is 0 Å². The maximum absolute atomic E-state index is 12.0. The summed E-state index contributed by atoms with van der Waals surface area (Å²) in [5, 5.41) is 2.77. The molecule has 0 fully saturated rings. The minimum Gasteiger partial charge on any atom is -0.325 e. The molecule has 1 N–H and O–H groups in total. The van der Waals surface area contributed by atoms with Crippen molar-refractivity contribution in [1.29, 1.82) is 0 Å². The molecule has 0 aliphatic carbocycles. The van der Waals surface area contributed by atoms with Gasteiger partial charge in [-0.15, -0.1) is 11.8 Å². The molecule has 3 amide bonds. The second-order valence-corrected chi connectivity index (χ2v) is 6.44. The fourth-order valence-corrected chi connectivity index (χ4v) is 3.26. The molecule has 0 aromatic heterocycles. The first-order valence-electron chi connectivity index (χ1n) is 7.44. The molecule has 24 heavy (non-hydrogen) atoms. The summed E-state index contributed by atoms with van der Waals surface area (Å²) >= 11 is 1.52. The molecule has 5 nitrogen and oxygen atoms in total. The molecule has 0 radical (unpaired) electrons. The van der Waals surface area contributed by atoms with E-state index in [0.717, 1.165) is 10.7 Å². The van der Waals surface area contributed by atoms with Crippen LogP contribution in [-0.2, 0) is 10.5 Å². The predicted molar refractivity (Wildman–Crippen MR) is 94.1 cm³/mol. The topological polar surface area (TPSA) is 66.5 Å². The van der Waals surface area contributed by atoms with Gasteiger partial charge in [0.2, 0.25) is 5.91 Å². The van der Waals surface area contributed by atoms with Crippen LogP contribution >= 0.6 is 11.8 Å². The third kappa shape index (κ3) is 3.33. The van der Waals surface area contributed by atoms with Gasteiger partial charge in [0.1, 0.15) is 0 Å². The Labute approximate surface area is 144 Å². The second-order valence-electron chi connectivity index (χ2n) is 5.46. The maximum atomic E-state index is 12.0. The number of imide groups is 1. The molecule has 2 aromatic rings. The molecule has 0 saturated carbocycles. The third-order valence-electron chi connectivity index (χ3n) is 3.72. The van der Waals surface area contributed by atoms with Crippen molar-refractivity contribution >= 4 is 35.2 Å². The molecule has 6 heteroatoms. The zero-order valence-corrected chi connectivity index (χ0v) is 13.9. The van der Waals surface area contributed by atoms with Gasteiger partial charge in [-0.2, -0.15) is 0 Å². The first kappa shape index (κ1) is 16.3. The number of amides is 3. The lowest BCUT2D eigenvalue weighted by atomic mass is 10.1. The van der Waals surface area contributed by atoms with Gasteiger partial charge >= 0.3 is 0 Å². The van der Waals surface area contributed by atoms with Crippen LogP contribution in [0.2, 0.25) is 0 Å². The SMILES string of the molecule is CN1C(=O)c2ccc(NC(=O)CSCc3ccccc3)cc2C1=O. The highest BCUT2D eigenvalue weighted by molar-refractivity contribution is 7.99. The number of rotatable bonds is 5. The number of carbonyl (C=O) groups excluding carboxylic acids is 3. The summed E-state index contributed by atoms with van der Waals surface area (Å²) in [5.41, 5.74) is 2.40. The van der Waals surface area contributed by atoms with Gasteiger partial charge in [0.25, 0.3) is 11.8 Å². The molecule has 1 aliphatic heterocycles. The Morgan fingerprint density at radius 1 is 1.04 bits per heavy atom. The zero-order valence-electron chi connectivity index (χ0n) is 13.1. The van der Waals surface area contributed by atoms with E-state index in [1.807, 2.05) is 30.3 Å². The molecule has 1 heterocycles. The van der Waals surface area contributed by atoms with Crippen molar-refractivity contribution in [2.24, 2.45) is 0 Å². The van der Waals surface area contributed by atoms with Crippen LogP contribution in [0.5, 0.6) is 0 Å². The van der Waals surface area contributed by atoms with E-state index in [2.05, 4.69) is 5.32 Å². The minimum atomic E-state index is -0.343. The highest BCUT2D eigenvalue weighted by atomic mass is 32.2. The van der Waals surface area contributed by atoms with E-state index in [1.54, 1.807) is 18.2 Å². The van der Waals surface area contributed by atoms with E-state index < -0.39 is 0 Å². The average molecular weight is 340 g/mol. The Morgan fingerprint density at radius 3 is 2.50 bits per heavy atom.